The van der Waals surface area contributed by atoms with E-state index < -0.39 is 17.8 Å². The predicted octanol–water partition coefficient (Wildman–Crippen LogP) is 4.33. The van der Waals surface area contributed by atoms with Crippen LogP contribution in [-0.2, 0) is 11.3 Å². The fourth-order valence-electron chi connectivity index (χ4n) is 3.75. The van der Waals surface area contributed by atoms with E-state index in [0.29, 0.717) is 0 Å². The number of nitrogens with one attached hydrogen (secondary N) is 1. The number of nitrogens with zero attached hydrogens (tertiary/aromatic N) is 2. The third-order valence-electron chi connectivity index (χ3n) is 5.33. The van der Waals surface area contributed by atoms with Gasteiger partial charge in [-0.3, -0.25) is 9.69 Å². The Bertz CT molecular complexity index is 1210. The van der Waals surface area contributed by atoms with Gasteiger partial charge in [0.2, 0.25) is 0 Å². The van der Waals surface area contributed by atoms with E-state index in [4.69, 9.17) is 4.74 Å². The number of hydrogen-bond donors (Lipinski definition) is 1. The van der Waals surface area contributed by atoms with Crippen molar-refractivity contribution in [1.29, 1.82) is 0 Å². The van der Waals surface area contributed by atoms with Crippen LogP contribution in [0.15, 0.2) is 60.3 Å². The van der Waals surface area contributed by atoms with Gasteiger partial charge in [0.25, 0.3) is 5.91 Å². The fraction of sp³-hybridized carbons (Fsp3) is 0.167. The van der Waals surface area contributed by atoms with Crippen LogP contribution in [0.2, 0.25) is 0 Å². The second-order valence-corrected chi connectivity index (χ2v) is 7.33. The minimum Gasteiger partial charge on any atom is -0.497 e. The lowest BCUT2D eigenvalue weighted by Gasteiger charge is -2.12. The Labute approximate surface area is 179 Å². The molecule has 3 aromatic rings. The van der Waals surface area contributed by atoms with Crippen molar-refractivity contribution in [2.24, 2.45) is 0 Å². The Morgan fingerprint density at radius 2 is 1.84 bits per heavy atom. The molecule has 2 heterocycles. The zero-order valence-corrected chi connectivity index (χ0v) is 17.5. The van der Waals surface area contributed by atoms with E-state index in [9.17, 15) is 14.0 Å². The van der Waals surface area contributed by atoms with E-state index in [-0.39, 0.29) is 17.8 Å². The molecule has 3 amide bonds. The van der Waals surface area contributed by atoms with Crippen molar-refractivity contribution in [1.82, 2.24) is 14.8 Å². The van der Waals surface area contributed by atoms with Crippen LogP contribution < -0.4 is 10.1 Å². The summed E-state index contributed by atoms with van der Waals surface area (Å²) in [5.74, 6) is -0.200. The normalized spacial score (nSPS) is 15.0. The standard InChI is InChI=1S/C24H22FN3O3/c1-15-11-18(16(2)28(15)19-8-6-9-20(13-19)31-3)12-22-23(29)27(24(30)26-22)14-17-7-4-5-10-21(17)25/h4-13H,14H2,1-3H3,(H,26,30)/b22-12+. The van der Waals surface area contributed by atoms with Crippen LogP contribution in [0.1, 0.15) is 22.5 Å². The first-order chi connectivity index (χ1) is 14.9. The number of amides is 3. The third kappa shape index (κ3) is 3.82. The van der Waals surface area contributed by atoms with E-state index in [1.165, 1.54) is 6.07 Å². The molecule has 4 rings (SSSR count). The average molecular weight is 419 g/mol. The van der Waals surface area contributed by atoms with E-state index >= 15 is 0 Å². The fourth-order valence-corrected chi connectivity index (χ4v) is 3.75. The van der Waals surface area contributed by atoms with Crippen molar-refractivity contribution < 1.29 is 18.7 Å². The Morgan fingerprint density at radius 3 is 2.58 bits per heavy atom. The number of aryl methyl sites for hydroxylation is 1. The number of carbonyl (C=O) groups excluding carboxylic acids is 2. The number of imide groups is 1. The van der Waals surface area contributed by atoms with E-state index in [1.54, 1.807) is 31.4 Å². The number of halogens is 1. The second-order valence-electron chi connectivity index (χ2n) is 7.33. The highest BCUT2D eigenvalue weighted by molar-refractivity contribution is 6.14. The van der Waals surface area contributed by atoms with Gasteiger partial charge in [-0.25, -0.2) is 9.18 Å². The number of methoxy groups -OCH3 is 1. The quantitative estimate of drug-likeness (QED) is 0.494. The van der Waals surface area contributed by atoms with Crippen LogP contribution >= 0.6 is 0 Å². The van der Waals surface area contributed by atoms with Crippen LogP contribution in [0.5, 0.6) is 5.75 Å². The Balaban J connectivity index is 1.64. The first-order valence-electron chi connectivity index (χ1n) is 9.80. The molecule has 1 N–H and O–H groups in total. The highest BCUT2D eigenvalue weighted by atomic mass is 19.1. The van der Waals surface area contributed by atoms with Crippen molar-refractivity contribution >= 4 is 18.0 Å². The second kappa shape index (κ2) is 8.10. The minimum absolute atomic E-state index is 0.127. The Morgan fingerprint density at radius 1 is 1.06 bits per heavy atom. The maximum Gasteiger partial charge on any atom is 0.329 e. The average Bonchev–Trinajstić information content (AvgIpc) is 3.18. The number of ether oxygens (including phenoxy) is 1. The summed E-state index contributed by atoms with van der Waals surface area (Å²) < 4.78 is 21.3. The molecule has 6 nitrogen and oxygen atoms in total. The number of aromatic nitrogens is 1. The lowest BCUT2D eigenvalue weighted by molar-refractivity contribution is -0.123. The summed E-state index contributed by atoms with van der Waals surface area (Å²) in [6.07, 6.45) is 1.65. The molecule has 0 atom stereocenters. The van der Waals surface area contributed by atoms with Crippen LogP contribution in [0.3, 0.4) is 0 Å². The van der Waals surface area contributed by atoms with Gasteiger partial charge in [-0.05, 0) is 49.8 Å². The largest absolute Gasteiger partial charge is 0.497 e. The smallest absolute Gasteiger partial charge is 0.329 e. The van der Waals surface area contributed by atoms with Crippen molar-refractivity contribution in [2.75, 3.05) is 7.11 Å². The summed E-state index contributed by atoms with van der Waals surface area (Å²) in [6, 6.07) is 15.1. The van der Waals surface area contributed by atoms with Crippen LogP contribution in [0, 0.1) is 19.7 Å². The zero-order chi connectivity index (χ0) is 22.1. The molecule has 31 heavy (non-hydrogen) atoms. The molecule has 0 bridgehead atoms. The van der Waals surface area contributed by atoms with Gasteiger partial charge in [0, 0.05) is 28.7 Å². The molecule has 158 valence electrons. The van der Waals surface area contributed by atoms with Gasteiger partial charge in [0.05, 0.1) is 13.7 Å². The van der Waals surface area contributed by atoms with E-state index in [2.05, 4.69) is 5.32 Å². The molecule has 2 aromatic carbocycles. The molecule has 0 aliphatic carbocycles. The van der Waals surface area contributed by atoms with Crippen LogP contribution in [0.25, 0.3) is 11.8 Å². The molecular formula is C24H22FN3O3. The minimum atomic E-state index is -0.568. The highest BCUT2D eigenvalue weighted by Gasteiger charge is 2.34. The molecular weight excluding hydrogens is 397 g/mol. The van der Waals surface area contributed by atoms with Gasteiger partial charge >= 0.3 is 6.03 Å². The van der Waals surface area contributed by atoms with Gasteiger partial charge in [-0.2, -0.15) is 0 Å². The zero-order valence-electron chi connectivity index (χ0n) is 17.5. The molecule has 0 saturated carbocycles. The summed E-state index contributed by atoms with van der Waals surface area (Å²) in [6.45, 7) is 3.78. The van der Waals surface area contributed by atoms with Gasteiger partial charge in [0.1, 0.15) is 17.3 Å². The molecule has 7 heteroatoms. The molecule has 0 unspecified atom stereocenters. The highest BCUT2D eigenvalue weighted by Crippen LogP contribution is 2.26. The topological polar surface area (TPSA) is 63.6 Å². The number of carbonyl (C=O) groups is 2. The van der Waals surface area contributed by atoms with Crippen LogP contribution in [-0.4, -0.2) is 28.5 Å². The lowest BCUT2D eigenvalue weighted by Crippen LogP contribution is -2.30. The van der Waals surface area contributed by atoms with Gasteiger partial charge in [-0.15, -0.1) is 0 Å². The molecule has 1 aliphatic rings. The number of hydrogen-bond acceptors (Lipinski definition) is 3. The van der Waals surface area contributed by atoms with Crippen molar-refractivity contribution in [3.63, 3.8) is 0 Å². The Hall–Kier alpha value is -3.87. The molecule has 1 aromatic heterocycles. The first kappa shape index (κ1) is 20.4. The Kier molecular flexibility index (Phi) is 5.33. The molecule has 1 saturated heterocycles. The molecule has 0 spiro atoms. The van der Waals surface area contributed by atoms with Crippen LogP contribution in [0.4, 0.5) is 9.18 Å². The summed E-state index contributed by atoms with van der Waals surface area (Å²) in [7, 11) is 1.62. The van der Waals surface area contributed by atoms with Gasteiger partial charge < -0.3 is 14.6 Å². The monoisotopic (exact) mass is 419 g/mol. The maximum atomic E-state index is 14.0. The van der Waals surface area contributed by atoms with Crippen molar-refractivity contribution in [2.45, 2.75) is 20.4 Å². The predicted molar refractivity (Wildman–Crippen MR) is 115 cm³/mol. The lowest BCUT2D eigenvalue weighted by atomic mass is 10.2. The first-order valence-corrected chi connectivity index (χ1v) is 9.80. The molecule has 1 aliphatic heterocycles. The van der Waals surface area contributed by atoms with Crippen molar-refractivity contribution in [3.8, 4) is 11.4 Å². The van der Waals surface area contributed by atoms with Gasteiger partial charge in [-0.1, -0.05) is 24.3 Å². The van der Waals surface area contributed by atoms with E-state index in [0.717, 1.165) is 33.3 Å². The maximum absolute atomic E-state index is 14.0. The molecule has 0 radical (unpaired) electrons. The van der Waals surface area contributed by atoms with Crippen molar-refractivity contribution in [3.05, 3.63) is 88.6 Å². The third-order valence-corrected chi connectivity index (χ3v) is 5.33. The number of benzene rings is 2. The SMILES string of the molecule is COc1cccc(-n2c(C)cc(/C=C3/NC(=O)N(Cc4ccccc4F)C3=O)c2C)c1. The number of urea groups is 1. The summed E-state index contributed by atoms with van der Waals surface area (Å²) in [4.78, 5) is 26.2. The number of rotatable bonds is 5. The summed E-state index contributed by atoms with van der Waals surface area (Å²) in [5.41, 5.74) is 4.06. The van der Waals surface area contributed by atoms with E-state index in [1.807, 2.05) is 48.7 Å². The molecule has 1 fully saturated rings. The van der Waals surface area contributed by atoms with Gasteiger partial charge in [0.15, 0.2) is 0 Å². The summed E-state index contributed by atoms with van der Waals surface area (Å²) >= 11 is 0. The summed E-state index contributed by atoms with van der Waals surface area (Å²) in [5, 5.41) is 2.60.